The van der Waals surface area contributed by atoms with Gasteiger partial charge in [-0.3, -0.25) is 14.4 Å². The van der Waals surface area contributed by atoms with Crippen LogP contribution in [-0.2, 0) is 42.8 Å². The molecule has 0 aromatic carbocycles. The molecule has 0 spiro atoms. The number of rotatable bonds is 22. The lowest BCUT2D eigenvalue weighted by atomic mass is 9.96. The maximum absolute atomic E-state index is 12.3. The fraction of sp³-hybridized carbons (Fsp3) is 0.912. The van der Waals surface area contributed by atoms with Gasteiger partial charge in [0, 0.05) is 39.5 Å². The van der Waals surface area contributed by atoms with E-state index in [1.54, 1.807) is 0 Å². The number of aliphatic hydroxyl groups is 7. The first-order valence-electron chi connectivity index (χ1n) is 19.0. The van der Waals surface area contributed by atoms with E-state index in [0.29, 0.717) is 37.9 Å². The topological polar surface area (TPSA) is 350 Å². The van der Waals surface area contributed by atoms with Gasteiger partial charge in [0.25, 0.3) is 0 Å². The van der Waals surface area contributed by atoms with E-state index in [1.807, 2.05) is 13.8 Å². The molecule has 15 atom stereocenters. The number of Topliss-reactive ketones (excluding diaryl/α,β-unsaturated/α-hetero) is 1. The number of hydrogen-bond acceptors (Lipinski definition) is 20. The van der Waals surface area contributed by atoms with Gasteiger partial charge < -0.3 is 92.0 Å². The summed E-state index contributed by atoms with van der Waals surface area (Å²) in [6.45, 7) is 2.93. The number of hydrogen-bond donors (Lipinski definition) is 12. The number of nitrogens with two attached hydrogens (primary N) is 3. The SMILES string of the molecule is CC.CNC(=O)CCNC(=O)CSCCCC(=O)CCCCOC1OC(COC2OC(COC3OC(CO)C(O)C(O)C3N)C(O)C(O)C2N)C(O)C(O)C1N. The van der Waals surface area contributed by atoms with Gasteiger partial charge in [0.2, 0.25) is 11.8 Å². The Bertz CT molecular complexity index is 1150. The molecule has 0 saturated carbocycles. The predicted molar refractivity (Wildman–Crippen MR) is 199 cm³/mol. The third-order valence-electron chi connectivity index (χ3n) is 9.34. The maximum atomic E-state index is 12.3. The third kappa shape index (κ3) is 15.5. The molecule has 0 aromatic heterocycles. The summed E-state index contributed by atoms with van der Waals surface area (Å²) in [4.78, 5) is 35.3. The lowest BCUT2D eigenvalue weighted by Crippen LogP contribution is -2.65. The Hall–Kier alpha value is -1.68. The third-order valence-corrected chi connectivity index (χ3v) is 10.4. The molecule has 3 saturated heterocycles. The molecule has 328 valence electrons. The fourth-order valence-corrected chi connectivity index (χ4v) is 6.67. The van der Waals surface area contributed by atoms with Crippen molar-refractivity contribution < 1.29 is 78.6 Å². The summed E-state index contributed by atoms with van der Waals surface area (Å²) in [5, 5.41) is 77.1. The summed E-state index contributed by atoms with van der Waals surface area (Å²) >= 11 is 1.41. The van der Waals surface area contributed by atoms with Crippen LogP contribution in [-0.4, -0.2) is 197 Å². The summed E-state index contributed by atoms with van der Waals surface area (Å²) in [5.74, 6) is 0.633. The summed E-state index contributed by atoms with van der Waals surface area (Å²) < 4.78 is 34.0. The molecule has 2 amide bonds. The quantitative estimate of drug-likeness (QED) is 0.0454. The van der Waals surface area contributed by atoms with Gasteiger partial charge in [-0.2, -0.15) is 11.8 Å². The molecule has 15 unspecified atom stereocenters. The van der Waals surface area contributed by atoms with E-state index in [2.05, 4.69) is 10.6 Å². The zero-order valence-corrected chi connectivity index (χ0v) is 33.1. The minimum absolute atomic E-state index is 0.0708. The molecule has 3 aliphatic heterocycles. The number of unbranched alkanes of at least 4 members (excludes halogenated alkanes) is 1. The molecule has 3 aliphatic rings. The van der Waals surface area contributed by atoms with E-state index in [4.69, 9.17) is 45.6 Å². The summed E-state index contributed by atoms with van der Waals surface area (Å²) in [7, 11) is 1.53. The monoisotopic (exact) mass is 831 g/mol. The molecule has 0 bridgehead atoms. The second-order valence-electron chi connectivity index (χ2n) is 13.4. The molecular formula is C34H65N5O16S. The van der Waals surface area contributed by atoms with Crippen molar-refractivity contribution >= 4 is 29.4 Å². The van der Waals surface area contributed by atoms with Crippen LogP contribution in [0.1, 0.15) is 52.4 Å². The number of carbonyl (C=O) groups is 3. The van der Waals surface area contributed by atoms with Crippen LogP contribution >= 0.6 is 11.8 Å². The Labute approximate surface area is 331 Å². The molecule has 3 heterocycles. The average molecular weight is 832 g/mol. The number of amides is 2. The van der Waals surface area contributed by atoms with Crippen LogP contribution in [0.3, 0.4) is 0 Å². The van der Waals surface area contributed by atoms with E-state index in [-0.39, 0.29) is 42.9 Å². The number of aliphatic hydroxyl groups excluding tert-OH is 7. The van der Waals surface area contributed by atoms with Gasteiger partial charge in [-0.25, -0.2) is 0 Å². The van der Waals surface area contributed by atoms with E-state index in [9.17, 15) is 50.1 Å². The molecule has 0 aromatic rings. The Kier molecular flexibility index (Phi) is 23.8. The second kappa shape index (κ2) is 26.4. The van der Waals surface area contributed by atoms with Gasteiger partial charge in [0.1, 0.15) is 60.7 Å². The van der Waals surface area contributed by atoms with Crippen LogP contribution < -0.4 is 27.8 Å². The summed E-state index contributed by atoms with van der Waals surface area (Å²) in [6.07, 6.45) is -13.9. The van der Waals surface area contributed by atoms with Gasteiger partial charge in [-0.05, 0) is 25.0 Å². The zero-order chi connectivity index (χ0) is 41.9. The molecule has 3 rings (SSSR count). The van der Waals surface area contributed by atoms with Gasteiger partial charge >= 0.3 is 0 Å². The first kappa shape index (κ1) is 50.5. The van der Waals surface area contributed by atoms with Crippen molar-refractivity contribution in [3.8, 4) is 0 Å². The minimum atomic E-state index is -1.56. The van der Waals surface area contributed by atoms with Crippen molar-refractivity contribution in [2.75, 3.05) is 51.5 Å². The molecule has 21 nitrogen and oxygen atoms in total. The number of carbonyl (C=O) groups excluding carboxylic acids is 3. The van der Waals surface area contributed by atoms with Crippen molar-refractivity contribution in [3.05, 3.63) is 0 Å². The minimum Gasteiger partial charge on any atom is -0.394 e. The van der Waals surface area contributed by atoms with Crippen LogP contribution in [0, 0.1) is 0 Å². The summed E-state index contributed by atoms with van der Waals surface area (Å²) in [5.41, 5.74) is 18.0. The number of nitrogens with one attached hydrogen (secondary N) is 2. The van der Waals surface area contributed by atoms with Gasteiger partial charge in [0.15, 0.2) is 18.9 Å². The Balaban J connectivity index is 0.00000532. The van der Waals surface area contributed by atoms with Crippen molar-refractivity contribution in [2.45, 2.75) is 144 Å². The van der Waals surface area contributed by atoms with Crippen LogP contribution in [0.4, 0.5) is 0 Å². The largest absolute Gasteiger partial charge is 0.394 e. The van der Waals surface area contributed by atoms with Gasteiger partial charge in [-0.1, -0.05) is 13.8 Å². The summed E-state index contributed by atoms with van der Waals surface area (Å²) in [6, 6.07) is -3.59. The van der Waals surface area contributed by atoms with Gasteiger partial charge in [0.05, 0.1) is 43.7 Å². The molecule has 56 heavy (non-hydrogen) atoms. The van der Waals surface area contributed by atoms with Crippen molar-refractivity contribution in [1.29, 1.82) is 0 Å². The van der Waals surface area contributed by atoms with E-state index in [0.717, 1.165) is 0 Å². The van der Waals surface area contributed by atoms with Crippen molar-refractivity contribution in [1.82, 2.24) is 10.6 Å². The zero-order valence-electron chi connectivity index (χ0n) is 32.3. The molecule has 15 N–H and O–H groups in total. The van der Waals surface area contributed by atoms with Crippen LogP contribution in [0.15, 0.2) is 0 Å². The van der Waals surface area contributed by atoms with E-state index >= 15 is 0 Å². The van der Waals surface area contributed by atoms with Crippen LogP contribution in [0.25, 0.3) is 0 Å². The average Bonchev–Trinajstić information content (AvgIpc) is 3.19. The Morgan fingerprint density at radius 1 is 0.643 bits per heavy atom. The normalized spacial score (nSPS) is 35.9. The van der Waals surface area contributed by atoms with Crippen LogP contribution in [0.5, 0.6) is 0 Å². The molecule has 3 fully saturated rings. The fourth-order valence-electron chi connectivity index (χ4n) is 5.89. The number of ether oxygens (including phenoxy) is 6. The highest BCUT2D eigenvalue weighted by atomic mass is 32.2. The first-order valence-corrected chi connectivity index (χ1v) is 20.2. The number of ketones is 1. The smallest absolute Gasteiger partial charge is 0.230 e. The lowest BCUT2D eigenvalue weighted by Gasteiger charge is -2.44. The second-order valence-corrected chi connectivity index (χ2v) is 14.6. The predicted octanol–water partition coefficient (Wildman–Crippen LogP) is -5.12. The highest BCUT2D eigenvalue weighted by Crippen LogP contribution is 2.27. The Morgan fingerprint density at radius 2 is 1.11 bits per heavy atom. The highest BCUT2D eigenvalue weighted by Gasteiger charge is 2.48. The molecule has 22 heteroatoms. The van der Waals surface area contributed by atoms with Gasteiger partial charge in [-0.15, -0.1) is 0 Å². The first-order chi connectivity index (χ1) is 26.7. The lowest BCUT2D eigenvalue weighted by molar-refractivity contribution is -0.312. The van der Waals surface area contributed by atoms with Crippen LogP contribution in [0.2, 0.25) is 0 Å². The molecule has 0 aliphatic carbocycles. The highest BCUT2D eigenvalue weighted by molar-refractivity contribution is 7.99. The molecular weight excluding hydrogens is 766 g/mol. The Morgan fingerprint density at radius 3 is 1.61 bits per heavy atom. The standard InChI is InChI=1S/C32H59N5O16S.C2H6/c1-36-19(40)7-8-37-20(41)14-54-10-4-6-15(39)5-2-3-9-48-30-21(33)28(46)25(43)17(52-30)12-50-32-23(35)29(47)26(44)18(53-32)13-49-31-22(34)27(45)24(42)16(11-38)51-31;1-2/h16-18,21-32,38,42-47H,2-14,33-35H2,1H3,(H,36,40)(H,37,41);1-2H3. The van der Waals surface area contributed by atoms with Crippen molar-refractivity contribution in [2.24, 2.45) is 17.2 Å². The van der Waals surface area contributed by atoms with E-state index < -0.39 is 112 Å². The van der Waals surface area contributed by atoms with Crippen molar-refractivity contribution in [3.63, 3.8) is 0 Å². The molecule has 0 radical (unpaired) electrons. The maximum Gasteiger partial charge on any atom is 0.230 e. The van der Waals surface area contributed by atoms with E-state index in [1.165, 1.54) is 18.8 Å². The number of thioether (sulfide) groups is 1.